The van der Waals surface area contributed by atoms with Crippen molar-refractivity contribution >= 4 is 28.8 Å². The Morgan fingerprint density at radius 2 is 1.76 bits per heavy atom. The van der Waals surface area contributed by atoms with Crippen molar-refractivity contribution in [3.63, 3.8) is 0 Å². The van der Waals surface area contributed by atoms with Gasteiger partial charge in [0.2, 0.25) is 5.95 Å². The van der Waals surface area contributed by atoms with E-state index in [0.717, 1.165) is 43.9 Å². The van der Waals surface area contributed by atoms with Crippen molar-refractivity contribution in [2.45, 2.75) is 6.54 Å². The average Bonchev–Trinajstić information content (AvgIpc) is 3.23. The summed E-state index contributed by atoms with van der Waals surface area (Å²) in [7, 11) is 3.39. The zero-order chi connectivity index (χ0) is 25.8. The van der Waals surface area contributed by atoms with Crippen molar-refractivity contribution in [1.29, 1.82) is 0 Å². The number of ether oxygens (including phenoxy) is 2. The van der Waals surface area contributed by atoms with Gasteiger partial charge in [-0.1, -0.05) is 12.1 Å². The summed E-state index contributed by atoms with van der Waals surface area (Å²) in [5, 5.41) is 5.45. The van der Waals surface area contributed by atoms with Crippen molar-refractivity contribution < 1.29 is 19.1 Å². The first-order valence-corrected chi connectivity index (χ1v) is 12.0. The topological polar surface area (TPSA) is 111 Å². The molecule has 0 radical (unpaired) electrons. The highest BCUT2D eigenvalue weighted by atomic mass is 16.5. The standard InChI is InChI=1S/C27H28N6O4/c1-28-26(35)23-16-21(9-10-29-23)37-20-7-8-24-22(15-20)30-27(32(24)2)31-25(34)19-5-3-18(4-6-19)17-33-11-13-36-14-12-33/h3-10,15-16H,11-14,17H2,1-2H3,(H,28,35)(H,30,31,34). The number of morpholine rings is 1. The lowest BCUT2D eigenvalue weighted by molar-refractivity contribution is 0.0342. The molecule has 1 saturated heterocycles. The van der Waals surface area contributed by atoms with Crippen LogP contribution in [-0.2, 0) is 18.3 Å². The van der Waals surface area contributed by atoms with Crippen LogP contribution in [0.15, 0.2) is 60.8 Å². The fraction of sp³-hybridized carbons (Fsp3) is 0.259. The lowest BCUT2D eigenvalue weighted by atomic mass is 10.1. The predicted octanol–water partition coefficient (Wildman–Crippen LogP) is 3.20. The maximum atomic E-state index is 12.9. The number of amides is 2. The number of carbonyl (C=O) groups excluding carboxylic acids is 2. The SMILES string of the molecule is CNC(=O)c1cc(Oc2ccc3c(c2)nc(NC(=O)c2ccc(CN4CCOCC4)cc2)n3C)ccn1. The van der Waals surface area contributed by atoms with Crippen molar-refractivity contribution in [3.8, 4) is 11.5 Å². The maximum Gasteiger partial charge on any atom is 0.269 e. The Balaban J connectivity index is 1.27. The molecule has 10 nitrogen and oxygen atoms in total. The number of benzene rings is 2. The van der Waals surface area contributed by atoms with Crippen LogP contribution >= 0.6 is 0 Å². The van der Waals surface area contributed by atoms with Gasteiger partial charge in [-0.25, -0.2) is 4.98 Å². The molecule has 1 aliphatic heterocycles. The van der Waals surface area contributed by atoms with Crippen molar-refractivity contribution in [1.82, 2.24) is 24.8 Å². The van der Waals surface area contributed by atoms with Crippen molar-refractivity contribution in [2.24, 2.45) is 7.05 Å². The monoisotopic (exact) mass is 500 g/mol. The summed E-state index contributed by atoms with van der Waals surface area (Å²) in [6.07, 6.45) is 1.52. The van der Waals surface area contributed by atoms with Gasteiger partial charge in [0.25, 0.3) is 11.8 Å². The summed E-state index contributed by atoms with van der Waals surface area (Å²) >= 11 is 0. The van der Waals surface area contributed by atoms with Gasteiger partial charge in [0, 0.05) is 57.6 Å². The number of rotatable bonds is 7. The molecule has 2 N–H and O–H groups in total. The molecule has 1 fully saturated rings. The Hall–Kier alpha value is -4.28. The molecule has 190 valence electrons. The largest absolute Gasteiger partial charge is 0.457 e. The highest BCUT2D eigenvalue weighted by molar-refractivity contribution is 6.04. The van der Waals surface area contributed by atoms with E-state index in [1.807, 2.05) is 48.0 Å². The smallest absolute Gasteiger partial charge is 0.269 e. The van der Waals surface area contributed by atoms with Gasteiger partial charge in [0.15, 0.2) is 0 Å². The van der Waals surface area contributed by atoms with E-state index >= 15 is 0 Å². The highest BCUT2D eigenvalue weighted by Crippen LogP contribution is 2.27. The molecule has 2 amide bonds. The van der Waals surface area contributed by atoms with Gasteiger partial charge >= 0.3 is 0 Å². The minimum atomic E-state index is -0.294. The van der Waals surface area contributed by atoms with Gasteiger partial charge in [-0.05, 0) is 35.9 Å². The number of nitrogens with zero attached hydrogens (tertiary/aromatic N) is 4. The van der Waals surface area contributed by atoms with Crippen LogP contribution in [0.25, 0.3) is 11.0 Å². The highest BCUT2D eigenvalue weighted by Gasteiger charge is 2.15. The van der Waals surface area contributed by atoms with Gasteiger partial charge in [-0.2, -0.15) is 0 Å². The number of carbonyl (C=O) groups is 2. The van der Waals surface area contributed by atoms with Crippen LogP contribution in [0.2, 0.25) is 0 Å². The van der Waals surface area contributed by atoms with Gasteiger partial charge in [0.1, 0.15) is 17.2 Å². The second-order valence-electron chi connectivity index (χ2n) is 8.74. The molecule has 0 bridgehead atoms. The Morgan fingerprint density at radius 3 is 2.51 bits per heavy atom. The van der Waals surface area contributed by atoms with Crippen LogP contribution in [0, 0.1) is 0 Å². The number of hydrogen-bond donors (Lipinski definition) is 2. The summed E-state index contributed by atoms with van der Waals surface area (Å²) in [6, 6.07) is 16.3. The van der Waals surface area contributed by atoms with Crippen LogP contribution in [-0.4, -0.2) is 64.6 Å². The van der Waals surface area contributed by atoms with Crippen molar-refractivity contribution in [2.75, 3.05) is 38.7 Å². The number of aromatic nitrogens is 3. The molecule has 0 unspecified atom stereocenters. The molecule has 4 aromatic rings. The maximum absolute atomic E-state index is 12.9. The third kappa shape index (κ3) is 5.60. The van der Waals surface area contributed by atoms with Gasteiger partial charge in [0.05, 0.1) is 24.2 Å². The number of aryl methyl sites for hydroxylation is 1. The minimum absolute atomic E-state index is 0.230. The van der Waals surface area contributed by atoms with Crippen LogP contribution in [0.1, 0.15) is 26.4 Å². The van der Waals surface area contributed by atoms with Crippen LogP contribution in [0.5, 0.6) is 11.5 Å². The molecular weight excluding hydrogens is 472 g/mol. The van der Waals surface area contributed by atoms with E-state index in [2.05, 4.69) is 25.5 Å². The van der Waals surface area contributed by atoms with E-state index in [4.69, 9.17) is 9.47 Å². The summed E-state index contributed by atoms with van der Waals surface area (Å²) in [5.41, 5.74) is 3.48. The van der Waals surface area contributed by atoms with Crippen LogP contribution < -0.4 is 15.4 Å². The van der Waals surface area contributed by atoms with E-state index in [0.29, 0.717) is 28.5 Å². The molecule has 0 atom stereocenters. The van der Waals surface area contributed by atoms with E-state index in [1.54, 1.807) is 25.2 Å². The summed E-state index contributed by atoms with van der Waals surface area (Å²) < 4.78 is 13.1. The van der Waals surface area contributed by atoms with E-state index in [1.165, 1.54) is 6.20 Å². The normalized spacial score (nSPS) is 13.9. The molecule has 0 spiro atoms. The minimum Gasteiger partial charge on any atom is -0.457 e. The first-order valence-electron chi connectivity index (χ1n) is 12.0. The quantitative estimate of drug-likeness (QED) is 0.401. The summed E-state index contributed by atoms with van der Waals surface area (Å²) in [5.74, 6) is 0.937. The van der Waals surface area contributed by atoms with E-state index in [-0.39, 0.29) is 17.5 Å². The van der Waals surface area contributed by atoms with E-state index < -0.39 is 0 Å². The lowest BCUT2D eigenvalue weighted by Crippen LogP contribution is -2.35. The molecule has 3 heterocycles. The number of fused-ring (bicyclic) bond motifs is 1. The second kappa shape index (κ2) is 10.8. The molecule has 1 aliphatic rings. The van der Waals surface area contributed by atoms with Gasteiger partial charge in [-0.3, -0.25) is 24.8 Å². The molecule has 2 aromatic carbocycles. The molecule has 0 saturated carbocycles. The molecule has 2 aromatic heterocycles. The zero-order valence-electron chi connectivity index (χ0n) is 20.7. The Morgan fingerprint density at radius 1 is 1.00 bits per heavy atom. The number of nitrogens with one attached hydrogen (secondary N) is 2. The molecule has 10 heteroatoms. The Bertz CT molecular complexity index is 1430. The third-order valence-electron chi connectivity index (χ3n) is 6.23. The average molecular weight is 501 g/mol. The molecule has 5 rings (SSSR count). The molecule has 37 heavy (non-hydrogen) atoms. The third-order valence-corrected chi connectivity index (χ3v) is 6.23. The number of hydrogen-bond acceptors (Lipinski definition) is 7. The number of pyridine rings is 1. The summed E-state index contributed by atoms with van der Waals surface area (Å²) in [6.45, 7) is 4.19. The van der Waals surface area contributed by atoms with Crippen molar-refractivity contribution in [3.05, 3.63) is 77.6 Å². The van der Waals surface area contributed by atoms with Gasteiger partial charge in [-0.15, -0.1) is 0 Å². The fourth-order valence-corrected chi connectivity index (χ4v) is 4.17. The van der Waals surface area contributed by atoms with Crippen LogP contribution in [0.3, 0.4) is 0 Å². The lowest BCUT2D eigenvalue weighted by Gasteiger charge is -2.26. The van der Waals surface area contributed by atoms with E-state index in [9.17, 15) is 9.59 Å². The summed E-state index contributed by atoms with van der Waals surface area (Å²) in [4.78, 5) is 35.7. The Kier molecular flexibility index (Phi) is 7.11. The molecule has 0 aliphatic carbocycles. The second-order valence-corrected chi connectivity index (χ2v) is 8.74. The fourth-order valence-electron chi connectivity index (χ4n) is 4.17. The predicted molar refractivity (Wildman–Crippen MR) is 139 cm³/mol. The van der Waals surface area contributed by atoms with Crippen LogP contribution in [0.4, 0.5) is 5.95 Å². The number of anilines is 1. The first kappa shape index (κ1) is 24.4. The van der Waals surface area contributed by atoms with Gasteiger partial charge < -0.3 is 19.4 Å². The number of imidazole rings is 1. The Labute approximate surface area is 214 Å². The zero-order valence-corrected chi connectivity index (χ0v) is 20.7. The first-order chi connectivity index (χ1) is 18.0. The molecular formula is C27H28N6O4.